The Hall–Kier alpha value is -2.57. The summed E-state index contributed by atoms with van der Waals surface area (Å²) in [6.07, 6.45) is 0.0320. The number of rotatable bonds is 8. The number of benzene rings is 2. The number of nitrogens with one attached hydrogen (secondary N) is 2. The molecule has 0 bridgehead atoms. The zero-order chi connectivity index (χ0) is 20.3. The summed E-state index contributed by atoms with van der Waals surface area (Å²) in [6, 6.07) is 18.5. The molecule has 29 heavy (non-hydrogen) atoms. The van der Waals surface area contributed by atoms with Gasteiger partial charge < -0.3 is 20.1 Å². The van der Waals surface area contributed by atoms with Gasteiger partial charge in [0.25, 0.3) is 0 Å². The number of hydrogen-bond acceptors (Lipinski definition) is 4. The Labute approximate surface area is 173 Å². The van der Waals surface area contributed by atoms with Gasteiger partial charge in [-0.05, 0) is 30.2 Å². The topological polar surface area (TPSA) is 58.1 Å². The minimum atomic E-state index is 0.0320. The van der Waals surface area contributed by atoms with E-state index in [4.69, 9.17) is 9.47 Å². The molecule has 2 aromatic rings. The lowest BCUT2D eigenvalue weighted by molar-refractivity contribution is 0.0341. The summed E-state index contributed by atoms with van der Waals surface area (Å²) in [6.45, 7) is 8.02. The van der Waals surface area contributed by atoms with Crippen molar-refractivity contribution in [1.82, 2.24) is 15.5 Å². The third-order valence-electron chi connectivity index (χ3n) is 4.92. The number of morpholine rings is 1. The maximum atomic E-state index is 5.91. The SMILES string of the molecule is CN=C(NCc1ccccc1CN1CCOCC1)NCC(C)Oc1ccccc1. The summed E-state index contributed by atoms with van der Waals surface area (Å²) in [5.41, 5.74) is 2.63. The van der Waals surface area contributed by atoms with Crippen LogP contribution in [0, 0.1) is 0 Å². The van der Waals surface area contributed by atoms with Crippen molar-refractivity contribution in [2.75, 3.05) is 39.9 Å². The molecule has 1 heterocycles. The maximum absolute atomic E-state index is 5.91. The van der Waals surface area contributed by atoms with Gasteiger partial charge in [0.1, 0.15) is 11.9 Å². The van der Waals surface area contributed by atoms with Gasteiger partial charge >= 0.3 is 0 Å². The van der Waals surface area contributed by atoms with Crippen LogP contribution in [-0.4, -0.2) is 56.9 Å². The number of aliphatic imine (C=N–C) groups is 1. The predicted molar refractivity (Wildman–Crippen MR) is 117 cm³/mol. The second-order valence-electron chi connectivity index (χ2n) is 7.21. The van der Waals surface area contributed by atoms with Crippen molar-refractivity contribution in [3.8, 4) is 5.75 Å². The van der Waals surface area contributed by atoms with Crippen molar-refractivity contribution in [2.24, 2.45) is 4.99 Å². The van der Waals surface area contributed by atoms with E-state index in [1.807, 2.05) is 37.3 Å². The van der Waals surface area contributed by atoms with Crippen LogP contribution in [0.15, 0.2) is 59.6 Å². The minimum Gasteiger partial charge on any atom is -0.489 e. The van der Waals surface area contributed by atoms with E-state index in [2.05, 4.69) is 44.8 Å². The molecule has 6 heteroatoms. The van der Waals surface area contributed by atoms with Crippen molar-refractivity contribution in [2.45, 2.75) is 26.1 Å². The predicted octanol–water partition coefficient (Wildman–Crippen LogP) is 2.65. The lowest BCUT2D eigenvalue weighted by Gasteiger charge is -2.27. The van der Waals surface area contributed by atoms with E-state index in [9.17, 15) is 0 Å². The molecule has 1 atom stereocenters. The van der Waals surface area contributed by atoms with E-state index < -0.39 is 0 Å². The third kappa shape index (κ3) is 7.07. The molecule has 1 unspecified atom stereocenters. The first-order valence-electron chi connectivity index (χ1n) is 10.3. The van der Waals surface area contributed by atoms with Crippen molar-refractivity contribution in [3.05, 3.63) is 65.7 Å². The van der Waals surface area contributed by atoms with Crippen LogP contribution < -0.4 is 15.4 Å². The monoisotopic (exact) mass is 396 g/mol. The van der Waals surface area contributed by atoms with Crippen LogP contribution in [-0.2, 0) is 17.8 Å². The number of para-hydroxylation sites is 1. The molecule has 0 spiro atoms. The van der Waals surface area contributed by atoms with Gasteiger partial charge in [-0.3, -0.25) is 9.89 Å². The summed E-state index contributed by atoms with van der Waals surface area (Å²) < 4.78 is 11.4. The Morgan fingerprint density at radius 3 is 2.45 bits per heavy atom. The van der Waals surface area contributed by atoms with Gasteiger partial charge in [0, 0.05) is 33.2 Å². The van der Waals surface area contributed by atoms with Crippen molar-refractivity contribution >= 4 is 5.96 Å². The largest absolute Gasteiger partial charge is 0.489 e. The highest BCUT2D eigenvalue weighted by Gasteiger charge is 2.13. The standard InChI is InChI=1S/C23H32N4O2/c1-19(29-22-10-4-3-5-11-22)16-25-23(24-2)26-17-20-8-6-7-9-21(20)18-27-12-14-28-15-13-27/h3-11,19H,12-18H2,1-2H3,(H2,24,25,26). The van der Waals surface area contributed by atoms with Crippen LogP contribution >= 0.6 is 0 Å². The highest BCUT2D eigenvalue weighted by molar-refractivity contribution is 5.79. The first-order chi connectivity index (χ1) is 14.2. The van der Waals surface area contributed by atoms with Gasteiger partial charge in [0.15, 0.2) is 5.96 Å². The molecule has 1 saturated heterocycles. The Balaban J connectivity index is 1.47. The Bertz CT molecular complexity index is 760. The molecule has 6 nitrogen and oxygen atoms in total. The molecule has 0 amide bonds. The van der Waals surface area contributed by atoms with Gasteiger partial charge in [-0.1, -0.05) is 42.5 Å². The van der Waals surface area contributed by atoms with Crippen LogP contribution in [0.2, 0.25) is 0 Å². The maximum Gasteiger partial charge on any atom is 0.191 e. The highest BCUT2D eigenvalue weighted by Crippen LogP contribution is 2.13. The second kappa shape index (κ2) is 11.4. The molecule has 2 N–H and O–H groups in total. The third-order valence-corrected chi connectivity index (χ3v) is 4.92. The van der Waals surface area contributed by atoms with Gasteiger partial charge in [0.2, 0.25) is 0 Å². The number of nitrogens with zero attached hydrogens (tertiary/aromatic N) is 2. The lowest BCUT2D eigenvalue weighted by Crippen LogP contribution is -2.41. The van der Waals surface area contributed by atoms with Crippen LogP contribution in [0.3, 0.4) is 0 Å². The van der Waals surface area contributed by atoms with Gasteiger partial charge in [-0.25, -0.2) is 0 Å². The average molecular weight is 397 g/mol. The highest BCUT2D eigenvalue weighted by atomic mass is 16.5. The Morgan fingerprint density at radius 2 is 1.72 bits per heavy atom. The number of ether oxygens (including phenoxy) is 2. The molecule has 1 aliphatic rings. The molecule has 1 fully saturated rings. The molecule has 3 rings (SSSR count). The van der Waals surface area contributed by atoms with E-state index in [-0.39, 0.29) is 6.10 Å². The van der Waals surface area contributed by atoms with Crippen LogP contribution in [0.5, 0.6) is 5.75 Å². The number of hydrogen-bond donors (Lipinski definition) is 2. The molecular formula is C23H32N4O2. The van der Waals surface area contributed by atoms with Gasteiger partial charge in [-0.15, -0.1) is 0 Å². The first-order valence-corrected chi connectivity index (χ1v) is 10.3. The molecule has 1 aliphatic heterocycles. The molecule has 0 radical (unpaired) electrons. The minimum absolute atomic E-state index is 0.0320. The fourth-order valence-corrected chi connectivity index (χ4v) is 3.30. The molecule has 0 aromatic heterocycles. The normalized spacial score (nSPS) is 16.3. The number of guanidine groups is 1. The molecule has 156 valence electrons. The summed E-state index contributed by atoms with van der Waals surface area (Å²) in [5.74, 6) is 1.65. The van der Waals surface area contributed by atoms with E-state index in [0.717, 1.165) is 51.1 Å². The van der Waals surface area contributed by atoms with Crippen molar-refractivity contribution in [3.63, 3.8) is 0 Å². The summed E-state index contributed by atoms with van der Waals surface area (Å²) >= 11 is 0. The van der Waals surface area contributed by atoms with E-state index in [0.29, 0.717) is 6.54 Å². The van der Waals surface area contributed by atoms with Crippen molar-refractivity contribution in [1.29, 1.82) is 0 Å². The van der Waals surface area contributed by atoms with Crippen LogP contribution in [0.25, 0.3) is 0 Å². The van der Waals surface area contributed by atoms with E-state index in [1.54, 1.807) is 7.05 Å². The zero-order valence-corrected chi connectivity index (χ0v) is 17.4. The first kappa shape index (κ1) is 21.1. The second-order valence-corrected chi connectivity index (χ2v) is 7.21. The zero-order valence-electron chi connectivity index (χ0n) is 17.4. The van der Waals surface area contributed by atoms with Gasteiger partial charge in [0.05, 0.1) is 19.8 Å². The fourth-order valence-electron chi connectivity index (χ4n) is 3.30. The fraction of sp³-hybridized carbons (Fsp3) is 0.435. The summed E-state index contributed by atoms with van der Waals surface area (Å²) in [4.78, 5) is 6.78. The average Bonchev–Trinajstić information content (AvgIpc) is 2.76. The van der Waals surface area contributed by atoms with Gasteiger partial charge in [-0.2, -0.15) is 0 Å². The lowest BCUT2D eigenvalue weighted by atomic mass is 10.1. The Morgan fingerprint density at radius 1 is 1.03 bits per heavy atom. The van der Waals surface area contributed by atoms with E-state index in [1.165, 1.54) is 11.1 Å². The van der Waals surface area contributed by atoms with E-state index >= 15 is 0 Å². The molecule has 2 aromatic carbocycles. The molecular weight excluding hydrogens is 364 g/mol. The smallest absolute Gasteiger partial charge is 0.191 e. The van der Waals surface area contributed by atoms with Crippen molar-refractivity contribution < 1.29 is 9.47 Å². The van der Waals surface area contributed by atoms with Crippen LogP contribution in [0.1, 0.15) is 18.1 Å². The molecule has 0 aliphatic carbocycles. The van der Waals surface area contributed by atoms with Crippen LogP contribution in [0.4, 0.5) is 0 Å². The molecule has 0 saturated carbocycles. The summed E-state index contributed by atoms with van der Waals surface area (Å²) in [7, 11) is 1.79. The quantitative estimate of drug-likeness (QED) is 0.531. The summed E-state index contributed by atoms with van der Waals surface area (Å²) in [5, 5.41) is 6.77. The Kier molecular flexibility index (Phi) is 8.34.